The van der Waals surface area contributed by atoms with Crippen LogP contribution in [0, 0.1) is 11.6 Å². The molecule has 9 heteroatoms. The molecule has 3 aromatic rings. The number of nitrogens with zero attached hydrogens (tertiary/aromatic N) is 2. The molecule has 0 amide bonds. The average Bonchev–Trinajstić information content (AvgIpc) is 3.07. The average molecular weight is 443 g/mol. The molecule has 1 aliphatic heterocycles. The molecule has 1 aliphatic rings. The molecule has 1 atom stereocenters. The van der Waals surface area contributed by atoms with Crippen molar-refractivity contribution in [3.8, 4) is 0 Å². The highest BCUT2D eigenvalue weighted by Gasteiger charge is 2.24. The Kier molecular flexibility index (Phi) is 4.54. The van der Waals surface area contributed by atoms with E-state index in [4.69, 9.17) is 4.74 Å². The van der Waals surface area contributed by atoms with E-state index in [9.17, 15) is 18.7 Å². The second kappa shape index (κ2) is 6.71. The van der Waals surface area contributed by atoms with Crippen LogP contribution in [0.15, 0.2) is 22.7 Å². The number of halogens is 3. The second-order valence-electron chi connectivity index (χ2n) is 6.06. The molecule has 1 fully saturated rings. The highest BCUT2D eigenvalue weighted by Crippen LogP contribution is 2.30. The molecule has 1 aromatic carbocycles. The van der Waals surface area contributed by atoms with E-state index < -0.39 is 17.6 Å². The van der Waals surface area contributed by atoms with Gasteiger partial charge in [0, 0.05) is 13.0 Å². The molecule has 0 aliphatic carbocycles. The zero-order valence-electron chi connectivity index (χ0n) is 13.3. The van der Waals surface area contributed by atoms with Crippen molar-refractivity contribution in [2.45, 2.75) is 25.5 Å². The van der Waals surface area contributed by atoms with Crippen LogP contribution >= 0.6 is 27.3 Å². The Hall–Kier alpha value is -1.84. The zero-order chi connectivity index (χ0) is 18.4. The summed E-state index contributed by atoms with van der Waals surface area (Å²) in [5.41, 5.74) is 0.869. The summed E-state index contributed by atoms with van der Waals surface area (Å²) in [4.78, 5) is 16.4. The van der Waals surface area contributed by atoms with Gasteiger partial charge in [-0.05, 0) is 46.1 Å². The Balaban J connectivity index is 1.75. The van der Waals surface area contributed by atoms with E-state index in [1.807, 2.05) is 4.57 Å². The predicted molar refractivity (Wildman–Crippen MR) is 95.8 cm³/mol. The van der Waals surface area contributed by atoms with Gasteiger partial charge in [-0.3, -0.25) is 0 Å². The van der Waals surface area contributed by atoms with E-state index in [2.05, 4.69) is 20.9 Å². The van der Waals surface area contributed by atoms with Crippen LogP contribution < -0.4 is 0 Å². The molecule has 0 bridgehead atoms. The lowest BCUT2D eigenvalue weighted by atomic mass is 10.1. The topological polar surface area (TPSA) is 64.3 Å². The van der Waals surface area contributed by atoms with E-state index in [1.165, 1.54) is 0 Å². The number of aromatic carboxylic acids is 1. The predicted octanol–water partition coefficient (Wildman–Crippen LogP) is 4.22. The monoisotopic (exact) mass is 442 g/mol. The number of carboxylic acid groups (broad SMARTS) is 1. The molecule has 2 aromatic heterocycles. The number of carboxylic acids is 1. The number of fused-ring (bicyclic) bond motifs is 1. The van der Waals surface area contributed by atoms with Crippen LogP contribution in [0.1, 0.15) is 27.5 Å². The number of rotatable bonds is 5. The highest BCUT2D eigenvalue weighted by molar-refractivity contribution is 9.10. The fourth-order valence-corrected chi connectivity index (χ4v) is 4.11. The van der Waals surface area contributed by atoms with E-state index >= 15 is 0 Å². The van der Waals surface area contributed by atoms with Gasteiger partial charge in [0.15, 0.2) is 0 Å². The number of thiophene rings is 1. The van der Waals surface area contributed by atoms with Gasteiger partial charge in [0.05, 0.1) is 22.6 Å². The molecule has 26 heavy (non-hydrogen) atoms. The standard InChI is InChI=1S/C17H13BrF2N2O3S/c18-10-5-11(19)8(3-12(10)20)4-15-21-16-13(6-14(26-16)17(23)24)22(15)7-9-1-2-25-9/h3,5-6,9H,1-2,4,7H2,(H,23,24). The van der Waals surface area contributed by atoms with Crippen molar-refractivity contribution in [2.75, 3.05) is 6.61 Å². The van der Waals surface area contributed by atoms with Crippen molar-refractivity contribution in [3.05, 3.63) is 50.6 Å². The molecule has 136 valence electrons. The molecule has 5 nitrogen and oxygen atoms in total. The number of hydrogen-bond donors (Lipinski definition) is 1. The summed E-state index contributed by atoms with van der Waals surface area (Å²) in [5, 5.41) is 9.18. The smallest absolute Gasteiger partial charge is 0.346 e. The molecule has 1 N–H and O–H groups in total. The van der Waals surface area contributed by atoms with Crippen molar-refractivity contribution in [2.24, 2.45) is 0 Å². The van der Waals surface area contributed by atoms with Gasteiger partial charge in [0.25, 0.3) is 0 Å². The first kappa shape index (κ1) is 17.6. The summed E-state index contributed by atoms with van der Waals surface area (Å²) in [6.07, 6.45) is 1.02. The van der Waals surface area contributed by atoms with Crippen molar-refractivity contribution in [3.63, 3.8) is 0 Å². The molecule has 0 saturated carbocycles. The largest absolute Gasteiger partial charge is 0.477 e. The number of ether oxygens (including phenoxy) is 1. The maximum Gasteiger partial charge on any atom is 0.346 e. The minimum absolute atomic E-state index is 0.0193. The van der Waals surface area contributed by atoms with Crippen LogP contribution in [0.4, 0.5) is 8.78 Å². The lowest BCUT2D eigenvalue weighted by Crippen LogP contribution is -2.31. The van der Waals surface area contributed by atoms with Crippen LogP contribution in [0.2, 0.25) is 0 Å². The third-order valence-electron chi connectivity index (χ3n) is 4.35. The van der Waals surface area contributed by atoms with Gasteiger partial charge in [-0.15, -0.1) is 11.3 Å². The zero-order valence-corrected chi connectivity index (χ0v) is 15.7. The molecular formula is C17H13BrF2N2O3S. The number of aromatic nitrogens is 2. The van der Waals surface area contributed by atoms with Gasteiger partial charge in [-0.1, -0.05) is 0 Å². The first-order valence-electron chi connectivity index (χ1n) is 7.89. The molecule has 0 radical (unpaired) electrons. The summed E-state index contributed by atoms with van der Waals surface area (Å²) in [6.45, 7) is 1.19. The fraction of sp³-hybridized carbons (Fsp3) is 0.294. The second-order valence-corrected chi connectivity index (χ2v) is 7.95. The minimum Gasteiger partial charge on any atom is -0.477 e. The third-order valence-corrected chi connectivity index (χ3v) is 5.97. The van der Waals surface area contributed by atoms with E-state index in [0.717, 1.165) is 29.9 Å². The lowest BCUT2D eigenvalue weighted by Gasteiger charge is -2.27. The molecule has 0 spiro atoms. The van der Waals surface area contributed by atoms with E-state index in [-0.39, 0.29) is 27.4 Å². The highest BCUT2D eigenvalue weighted by atomic mass is 79.9. The van der Waals surface area contributed by atoms with Crippen LogP contribution in [0.25, 0.3) is 10.3 Å². The van der Waals surface area contributed by atoms with E-state index in [1.54, 1.807) is 6.07 Å². The number of imidazole rings is 1. The molecule has 1 unspecified atom stereocenters. The quantitative estimate of drug-likeness (QED) is 0.600. The number of hydrogen-bond acceptors (Lipinski definition) is 4. The maximum absolute atomic E-state index is 14.2. The van der Waals surface area contributed by atoms with Crippen molar-refractivity contribution >= 4 is 43.6 Å². The lowest BCUT2D eigenvalue weighted by molar-refractivity contribution is -0.0589. The van der Waals surface area contributed by atoms with Crippen LogP contribution in [0.5, 0.6) is 0 Å². The van der Waals surface area contributed by atoms with Gasteiger partial charge in [0.1, 0.15) is 27.2 Å². The van der Waals surface area contributed by atoms with Crippen molar-refractivity contribution in [1.82, 2.24) is 9.55 Å². The Bertz CT molecular complexity index is 1010. The SMILES string of the molecule is O=C(O)c1cc2c(nc(Cc3cc(F)c(Br)cc3F)n2CC2CCO2)s1. The Morgan fingerprint density at radius 3 is 2.81 bits per heavy atom. The Morgan fingerprint density at radius 2 is 2.15 bits per heavy atom. The third kappa shape index (κ3) is 3.15. The number of benzene rings is 1. The fourth-order valence-electron chi connectivity index (χ4n) is 2.91. The summed E-state index contributed by atoms with van der Waals surface area (Å²) in [6, 6.07) is 3.81. The normalized spacial score (nSPS) is 16.8. The van der Waals surface area contributed by atoms with Gasteiger partial charge in [-0.25, -0.2) is 18.6 Å². The molecule has 4 rings (SSSR count). The van der Waals surface area contributed by atoms with Crippen LogP contribution in [0.3, 0.4) is 0 Å². The van der Waals surface area contributed by atoms with Crippen molar-refractivity contribution < 1.29 is 23.4 Å². The van der Waals surface area contributed by atoms with Gasteiger partial charge < -0.3 is 14.4 Å². The first-order valence-corrected chi connectivity index (χ1v) is 9.50. The van der Waals surface area contributed by atoms with Crippen LogP contribution in [-0.4, -0.2) is 33.3 Å². The molecular weight excluding hydrogens is 430 g/mol. The van der Waals surface area contributed by atoms with Crippen LogP contribution in [-0.2, 0) is 17.7 Å². The van der Waals surface area contributed by atoms with Gasteiger partial charge in [0.2, 0.25) is 0 Å². The summed E-state index contributed by atoms with van der Waals surface area (Å²) < 4.78 is 35.4. The van der Waals surface area contributed by atoms with Gasteiger partial charge in [-0.2, -0.15) is 0 Å². The first-order chi connectivity index (χ1) is 12.4. The Labute approximate surface area is 159 Å². The van der Waals surface area contributed by atoms with E-state index in [0.29, 0.717) is 29.3 Å². The number of carbonyl (C=O) groups is 1. The molecule has 3 heterocycles. The summed E-state index contributed by atoms with van der Waals surface area (Å²) in [5.74, 6) is -1.53. The molecule has 1 saturated heterocycles. The van der Waals surface area contributed by atoms with Crippen molar-refractivity contribution in [1.29, 1.82) is 0 Å². The maximum atomic E-state index is 14.2. The summed E-state index contributed by atoms with van der Waals surface area (Å²) in [7, 11) is 0. The summed E-state index contributed by atoms with van der Waals surface area (Å²) >= 11 is 4.03. The minimum atomic E-state index is -1.01. The Morgan fingerprint density at radius 1 is 1.38 bits per heavy atom. The van der Waals surface area contributed by atoms with Gasteiger partial charge >= 0.3 is 5.97 Å².